The highest BCUT2D eigenvalue weighted by atomic mass is 16.5. The molecule has 1 amide bonds. The van der Waals surface area contributed by atoms with E-state index in [-0.39, 0.29) is 11.9 Å². The van der Waals surface area contributed by atoms with Crippen molar-refractivity contribution in [2.24, 2.45) is 0 Å². The number of nitrogens with zero attached hydrogens (tertiary/aromatic N) is 2. The molecule has 0 aliphatic carbocycles. The number of rotatable bonds is 4. The van der Waals surface area contributed by atoms with E-state index in [2.05, 4.69) is 10.3 Å². The fraction of sp³-hybridized carbons (Fsp3) is 0.538. The predicted octanol–water partition coefficient (Wildman–Crippen LogP) is 1.51. The summed E-state index contributed by atoms with van der Waals surface area (Å²) in [5.41, 5.74) is 0. The van der Waals surface area contributed by atoms with Crippen LogP contribution in [0.3, 0.4) is 0 Å². The van der Waals surface area contributed by atoms with Crippen molar-refractivity contribution < 1.29 is 9.53 Å². The summed E-state index contributed by atoms with van der Waals surface area (Å²) in [5.74, 6) is 1.64. The van der Waals surface area contributed by atoms with Crippen LogP contribution in [0.1, 0.15) is 19.8 Å². The zero-order valence-corrected chi connectivity index (χ0v) is 10.8. The first kappa shape index (κ1) is 12.7. The van der Waals surface area contributed by atoms with E-state index in [1.54, 1.807) is 4.90 Å². The van der Waals surface area contributed by atoms with Gasteiger partial charge < -0.3 is 15.0 Å². The number of carbonyl (C=O) groups excluding carboxylic acids is 1. The maximum atomic E-state index is 11.4. The highest BCUT2D eigenvalue weighted by molar-refractivity contribution is 5.77. The van der Waals surface area contributed by atoms with Crippen molar-refractivity contribution in [1.29, 1.82) is 0 Å². The topological polar surface area (TPSA) is 54.5 Å². The first-order chi connectivity index (χ1) is 8.69. The molecule has 1 unspecified atom stereocenters. The summed E-state index contributed by atoms with van der Waals surface area (Å²) in [5, 5.41) is 3.35. The molecule has 18 heavy (non-hydrogen) atoms. The van der Waals surface area contributed by atoms with Crippen LogP contribution < -0.4 is 10.1 Å². The summed E-state index contributed by atoms with van der Waals surface area (Å²) < 4.78 is 5.36. The molecule has 0 bridgehead atoms. The monoisotopic (exact) mass is 249 g/mol. The van der Waals surface area contributed by atoms with Gasteiger partial charge in [0.05, 0.1) is 6.61 Å². The number of ether oxygens (including phenoxy) is 1. The lowest BCUT2D eigenvalue weighted by Gasteiger charge is -2.30. The minimum absolute atomic E-state index is 0.212. The Balaban J connectivity index is 1.96. The second-order valence-corrected chi connectivity index (χ2v) is 4.45. The van der Waals surface area contributed by atoms with Gasteiger partial charge in [-0.2, -0.15) is 4.98 Å². The first-order valence-corrected chi connectivity index (χ1v) is 6.29. The second kappa shape index (κ2) is 5.71. The van der Waals surface area contributed by atoms with Crippen LogP contribution in [0.5, 0.6) is 5.88 Å². The number of aromatic nitrogens is 1. The number of anilines is 1. The Kier molecular flexibility index (Phi) is 4.02. The molecule has 98 valence electrons. The maximum absolute atomic E-state index is 11.4. The number of nitrogens with one attached hydrogen (secondary N) is 1. The molecule has 2 heterocycles. The molecule has 5 nitrogen and oxygen atoms in total. The van der Waals surface area contributed by atoms with Crippen molar-refractivity contribution in [3.8, 4) is 5.88 Å². The highest BCUT2D eigenvalue weighted by Crippen LogP contribution is 2.16. The third-order valence-corrected chi connectivity index (χ3v) is 2.99. The molecule has 1 aliphatic heterocycles. The molecular formula is C13H19N3O2. The minimum Gasteiger partial charge on any atom is -0.478 e. The van der Waals surface area contributed by atoms with Gasteiger partial charge in [-0.3, -0.25) is 4.79 Å². The van der Waals surface area contributed by atoms with Crippen LogP contribution >= 0.6 is 0 Å². The van der Waals surface area contributed by atoms with Crippen molar-refractivity contribution in [2.45, 2.75) is 25.8 Å². The molecule has 1 aromatic heterocycles. The summed E-state index contributed by atoms with van der Waals surface area (Å²) >= 11 is 0. The molecule has 2 rings (SSSR count). The number of hydrogen-bond donors (Lipinski definition) is 1. The van der Waals surface area contributed by atoms with Gasteiger partial charge in [-0.1, -0.05) is 6.07 Å². The zero-order chi connectivity index (χ0) is 13.0. The van der Waals surface area contributed by atoms with Gasteiger partial charge in [0.2, 0.25) is 11.8 Å². The molecule has 0 radical (unpaired) electrons. The van der Waals surface area contributed by atoms with Crippen LogP contribution in [0.2, 0.25) is 0 Å². The quantitative estimate of drug-likeness (QED) is 0.879. The third-order valence-electron chi connectivity index (χ3n) is 2.99. The lowest BCUT2D eigenvalue weighted by molar-refractivity contribution is -0.132. The third kappa shape index (κ3) is 3.12. The van der Waals surface area contributed by atoms with Crippen molar-refractivity contribution >= 4 is 11.7 Å². The first-order valence-electron chi connectivity index (χ1n) is 6.29. The van der Waals surface area contributed by atoms with Crippen LogP contribution in [-0.2, 0) is 4.79 Å². The zero-order valence-electron chi connectivity index (χ0n) is 10.8. The van der Waals surface area contributed by atoms with E-state index in [4.69, 9.17) is 4.74 Å². The number of piperidine rings is 1. The molecule has 5 heteroatoms. The van der Waals surface area contributed by atoms with Crippen LogP contribution in [0.15, 0.2) is 18.2 Å². The maximum Gasteiger partial charge on any atom is 0.222 e. The summed E-state index contributed by atoms with van der Waals surface area (Å²) in [4.78, 5) is 17.5. The molecule has 0 aromatic carbocycles. The van der Waals surface area contributed by atoms with E-state index in [0.29, 0.717) is 18.9 Å². The number of pyridine rings is 1. The van der Waals surface area contributed by atoms with E-state index in [1.165, 1.54) is 0 Å². The van der Waals surface area contributed by atoms with Crippen molar-refractivity contribution in [1.82, 2.24) is 9.88 Å². The Hall–Kier alpha value is -1.78. The fourth-order valence-corrected chi connectivity index (χ4v) is 2.06. The van der Waals surface area contributed by atoms with E-state index < -0.39 is 0 Å². The van der Waals surface area contributed by atoms with Gasteiger partial charge in [-0.15, -0.1) is 0 Å². The molecule has 1 fully saturated rings. The van der Waals surface area contributed by atoms with Gasteiger partial charge >= 0.3 is 0 Å². The van der Waals surface area contributed by atoms with E-state index in [9.17, 15) is 4.79 Å². The number of likely N-dealkylation sites (tertiary alicyclic amines) is 1. The van der Waals surface area contributed by atoms with Crippen molar-refractivity contribution in [2.75, 3.05) is 25.5 Å². The molecule has 1 aliphatic rings. The SMILES string of the molecule is CCOc1cccc(NC2CCC(=O)N(C)C2)n1. The Bertz CT molecular complexity index is 422. The lowest BCUT2D eigenvalue weighted by Crippen LogP contribution is -2.43. The molecule has 0 saturated carbocycles. The average Bonchev–Trinajstić information content (AvgIpc) is 2.35. The van der Waals surface area contributed by atoms with Crippen LogP contribution in [0.4, 0.5) is 5.82 Å². The molecular weight excluding hydrogens is 230 g/mol. The standard InChI is InChI=1S/C13H19N3O2/c1-3-18-12-6-4-5-11(15-12)14-10-7-8-13(17)16(2)9-10/h4-6,10H,3,7-9H2,1-2H3,(H,14,15). The molecule has 1 saturated heterocycles. The van der Waals surface area contributed by atoms with Gasteiger partial charge in [0, 0.05) is 32.1 Å². The van der Waals surface area contributed by atoms with Crippen LogP contribution in [0, 0.1) is 0 Å². The van der Waals surface area contributed by atoms with E-state index in [0.717, 1.165) is 18.8 Å². The molecule has 0 spiro atoms. The Morgan fingerprint density at radius 1 is 1.56 bits per heavy atom. The van der Waals surface area contributed by atoms with Crippen molar-refractivity contribution in [3.05, 3.63) is 18.2 Å². The van der Waals surface area contributed by atoms with Crippen molar-refractivity contribution in [3.63, 3.8) is 0 Å². The number of likely N-dealkylation sites (N-methyl/N-ethyl adjacent to an activating group) is 1. The highest BCUT2D eigenvalue weighted by Gasteiger charge is 2.22. The van der Waals surface area contributed by atoms with E-state index in [1.807, 2.05) is 32.2 Å². The van der Waals surface area contributed by atoms with Gasteiger partial charge in [0.15, 0.2) is 0 Å². The Morgan fingerprint density at radius 2 is 2.39 bits per heavy atom. The lowest BCUT2D eigenvalue weighted by atomic mass is 10.1. The molecule has 1 N–H and O–H groups in total. The van der Waals surface area contributed by atoms with Gasteiger partial charge in [-0.25, -0.2) is 0 Å². The Labute approximate surface area is 107 Å². The average molecular weight is 249 g/mol. The largest absolute Gasteiger partial charge is 0.478 e. The predicted molar refractivity (Wildman–Crippen MR) is 69.7 cm³/mol. The van der Waals surface area contributed by atoms with E-state index >= 15 is 0 Å². The summed E-state index contributed by atoms with van der Waals surface area (Å²) in [7, 11) is 1.83. The molecule has 1 aromatic rings. The second-order valence-electron chi connectivity index (χ2n) is 4.45. The fourth-order valence-electron chi connectivity index (χ4n) is 2.06. The van der Waals surface area contributed by atoms with Crippen LogP contribution in [-0.4, -0.2) is 42.0 Å². The summed E-state index contributed by atoms with van der Waals surface area (Å²) in [6.07, 6.45) is 1.45. The number of carbonyl (C=O) groups is 1. The normalized spacial score (nSPS) is 19.8. The van der Waals surface area contributed by atoms with Gasteiger partial charge in [0.25, 0.3) is 0 Å². The van der Waals surface area contributed by atoms with Crippen LogP contribution in [0.25, 0.3) is 0 Å². The number of amides is 1. The smallest absolute Gasteiger partial charge is 0.222 e. The van der Waals surface area contributed by atoms with Gasteiger partial charge in [0.1, 0.15) is 5.82 Å². The number of hydrogen-bond acceptors (Lipinski definition) is 4. The minimum atomic E-state index is 0.212. The summed E-state index contributed by atoms with van der Waals surface area (Å²) in [6, 6.07) is 5.93. The molecule has 1 atom stereocenters. The Morgan fingerprint density at radius 3 is 3.11 bits per heavy atom. The summed E-state index contributed by atoms with van der Waals surface area (Å²) in [6.45, 7) is 3.26. The van der Waals surface area contributed by atoms with Gasteiger partial charge in [-0.05, 0) is 19.4 Å².